The van der Waals surface area contributed by atoms with Gasteiger partial charge in [-0.3, -0.25) is 4.79 Å². The van der Waals surface area contributed by atoms with Crippen LogP contribution in [0.15, 0.2) is 0 Å². The van der Waals surface area contributed by atoms with Crippen molar-refractivity contribution in [1.29, 1.82) is 0 Å². The maximum atomic E-state index is 12.3. The molecule has 18 heavy (non-hydrogen) atoms. The number of hydrogen-bond acceptors (Lipinski definition) is 3. The highest BCUT2D eigenvalue weighted by Crippen LogP contribution is 2.35. The lowest BCUT2D eigenvalue weighted by Gasteiger charge is -2.35. The lowest BCUT2D eigenvalue weighted by atomic mass is 9.73. The van der Waals surface area contributed by atoms with Gasteiger partial charge in [-0.2, -0.15) is 0 Å². The first-order valence-corrected chi connectivity index (χ1v) is 6.79. The van der Waals surface area contributed by atoms with Crippen LogP contribution in [0.5, 0.6) is 0 Å². The predicted octanol–water partition coefficient (Wildman–Crippen LogP) is 1.27. The minimum Gasteiger partial charge on any atom is -0.480 e. The second-order valence-corrected chi connectivity index (χ2v) is 5.20. The Kier molecular flexibility index (Phi) is 5.59. The molecule has 104 valence electrons. The Hall–Kier alpha value is -1.10. The van der Waals surface area contributed by atoms with Crippen LogP contribution in [0.2, 0.25) is 0 Å². The number of carboxylic acids is 1. The molecule has 0 aromatic rings. The van der Waals surface area contributed by atoms with Gasteiger partial charge in [0.2, 0.25) is 5.91 Å². The van der Waals surface area contributed by atoms with E-state index in [4.69, 9.17) is 10.8 Å². The Morgan fingerprint density at radius 1 is 1.33 bits per heavy atom. The maximum absolute atomic E-state index is 12.3. The van der Waals surface area contributed by atoms with E-state index in [1.807, 2.05) is 6.92 Å². The van der Waals surface area contributed by atoms with Gasteiger partial charge in [0.25, 0.3) is 0 Å². The lowest BCUT2D eigenvalue weighted by Crippen LogP contribution is -2.52. The zero-order valence-electron chi connectivity index (χ0n) is 11.1. The van der Waals surface area contributed by atoms with Crippen molar-refractivity contribution in [2.75, 3.05) is 6.54 Å². The van der Waals surface area contributed by atoms with Gasteiger partial charge in [0.1, 0.15) is 6.04 Å². The molecular formula is C13H24N2O3. The molecular weight excluding hydrogens is 232 g/mol. The molecule has 1 atom stereocenters. The van der Waals surface area contributed by atoms with E-state index in [-0.39, 0.29) is 5.91 Å². The van der Waals surface area contributed by atoms with Crippen LogP contribution in [0, 0.1) is 5.41 Å². The summed E-state index contributed by atoms with van der Waals surface area (Å²) in [6, 6.07) is -0.784. The van der Waals surface area contributed by atoms with Crippen LogP contribution in [-0.2, 0) is 9.59 Å². The number of nitrogens with two attached hydrogens (primary N) is 1. The molecule has 5 nitrogen and oxygen atoms in total. The Morgan fingerprint density at radius 2 is 1.94 bits per heavy atom. The number of carboxylic acid groups (broad SMARTS) is 1. The van der Waals surface area contributed by atoms with E-state index >= 15 is 0 Å². The number of amides is 1. The van der Waals surface area contributed by atoms with Crippen LogP contribution in [0.3, 0.4) is 0 Å². The summed E-state index contributed by atoms with van der Waals surface area (Å²) >= 11 is 0. The molecule has 1 aliphatic rings. The summed E-state index contributed by atoms with van der Waals surface area (Å²) in [5.74, 6) is -1.14. The molecule has 0 aliphatic heterocycles. The number of nitrogens with one attached hydrogen (secondary N) is 1. The summed E-state index contributed by atoms with van der Waals surface area (Å²) in [5, 5.41) is 11.7. The Balaban J connectivity index is 2.68. The Bertz CT molecular complexity index is 299. The molecule has 0 aromatic heterocycles. The predicted molar refractivity (Wildman–Crippen MR) is 69.0 cm³/mol. The molecule has 0 unspecified atom stereocenters. The van der Waals surface area contributed by atoms with Gasteiger partial charge >= 0.3 is 5.97 Å². The van der Waals surface area contributed by atoms with Gasteiger partial charge in [-0.05, 0) is 19.3 Å². The quantitative estimate of drug-likeness (QED) is 0.667. The second kappa shape index (κ2) is 6.73. The van der Waals surface area contributed by atoms with Crippen LogP contribution in [0.4, 0.5) is 0 Å². The third-order valence-electron chi connectivity index (χ3n) is 3.86. The SMILES string of the molecule is CCC[C@@H](NC(=O)C1(CN)CCCCC1)C(=O)O. The van der Waals surface area contributed by atoms with Crippen molar-refractivity contribution in [3.63, 3.8) is 0 Å². The van der Waals surface area contributed by atoms with Gasteiger partial charge in [-0.15, -0.1) is 0 Å². The zero-order chi connectivity index (χ0) is 13.6. The lowest BCUT2D eigenvalue weighted by molar-refractivity contribution is -0.144. The molecule has 1 aliphatic carbocycles. The highest BCUT2D eigenvalue weighted by Gasteiger charge is 2.39. The average molecular weight is 256 g/mol. The van der Waals surface area contributed by atoms with Crippen molar-refractivity contribution in [3.05, 3.63) is 0 Å². The average Bonchev–Trinajstić information content (AvgIpc) is 2.38. The third-order valence-corrected chi connectivity index (χ3v) is 3.86. The largest absolute Gasteiger partial charge is 0.480 e. The first kappa shape index (κ1) is 15.0. The molecule has 1 saturated carbocycles. The summed E-state index contributed by atoms with van der Waals surface area (Å²) in [6.07, 6.45) is 5.86. The normalized spacial score (nSPS) is 20.1. The molecule has 0 bridgehead atoms. The molecule has 0 radical (unpaired) electrons. The van der Waals surface area contributed by atoms with E-state index in [1.54, 1.807) is 0 Å². The Labute approximate surface area is 108 Å². The van der Waals surface area contributed by atoms with E-state index in [2.05, 4.69) is 5.32 Å². The molecule has 5 heteroatoms. The highest BCUT2D eigenvalue weighted by molar-refractivity contribution is 5.87. The van der Waals surface area contributed by atoms with Gasteiger partial charge in [0.05, 0.1) is 5.41 Å². The Morgan fingerprint density at radius 3 is 2.39 bits per heavy atom. The topological polar surface area (TPSA) is 92.4 Å². The van der Waals surface area contributed by atoms with Gasteiger partial charge in [-0.1, -0.05) is 32.6 Å². The molecule has 0 saturated heterocycles. The van der Waals surface area contributed by atoms with Gasteiger partial charge in [-0.25, -0.2) is 4.79 Å². The van der Waals surface area contributed by atoms with Crippen molar-refractivity contribution in [1.82, 2.24) is 5.32 Å². The van der Waals surface area contributed by atoms with Crippen molar-refractivity contribution in [2.45, 2.75) is 57.9 Å². The molecule has 1 rings (SSSR count). The van der Waals surface area contributed by atoms with Crippen LogP contribution < -0.4 is 11.1 Å². The minimum atomic E-state index is -0.965. The number of carbonyl (C=O) groups excluding carboxylic acids is 1. The molecule has 0 heterocycles. The van der Waals surface area contributed by atoms with Crippen LogP contribution >= 0.6 is 0 Å². The summed E-state index contributed by atoms with van der Waals surface area (Å²) < 4.78 is 0. The molecule has 1 amide bonds. The first-order chi connectivity index (χ1) is 8.55. The van der Waals surface area contributed by atoms with Crippen LogP contribution in [0.1, 0.15) is 51.9 Å². The van der Waals surface area contributed by atoms with E-state index in [9.17, 15) is 9.59 Å². The summed E-state index contributed by atoms with van der Waals surface area (Å²) in [6.45, 7) is 2.21. The fourth-order valence-corrected chi connectivity index (χ4v) is 2.61. The molecule has 4 N–H and O–H groups in total. The van der Waals surface area contributed by atoms with Crippen molar-refractivity contribution in [2.24, 2.45) is 11.1 Å². The summed E-state index contributed by atoms with van der Waals surface area (Å²) in [5.41, 5.74) is 5.21. The summed E-state index contributed by atoms with van der Waals surface area (Å²) in [7, 11) is 0. The van der Waals surface area contributed by atoms with Crippen molar-refractivity contribution >= 4 is 11.9 Å². The fourth-order valence-electron chi connectivity index (χ4n) is 2.61. The monoisotopic (exact) mass is 256 g/mol. The standard InChI is InChI=1S/C13H24N2O3/c1-2-6-10(11(16)17)15-12(18)13(9-14)7-4-3-5-8-13/h10H,2-9,14H2,1H3,(H,15,18)(H,16,17)/t10-/m1/s1. The van der Waals surface area contributed by atoms with E-state index < -0.39 is 17.4 Å². The fraction of sp³-hybridized carbons (Fsp3) is 0.846. The minimum absolute atomic E-state index is 0.175. The number of carbonyl (C=O) groups is 2. The zero-order valence-corrected chi connectivity index (χ0v) is 11.1. The van der Waals surface area contributed by atoms with E-state index in [1.165, 1.54) is 0 Å². The van der Waals surface area contributed by atoms with Gasteiger partial charge < -0.3 is 16.2 Å². The molecule has 0 spiro atoms. The van der Waals surface area contributed by atoms with E-state index in [0.29, 0.717) is 13.0 Å². The first-order valence-electron chi connectivity index (χ1n) is 6.79. The third kappa shape index (κ3) is 3.45. The number of aliphatic carboxylic acids is 1. The second-order valence-electron chi connectivity index (χ2n) is 5.20. The van der Waals surface area contributed by atoms with Crippen LogP contribution in [-0.4, -0.2) is 29.6 Å². The smallest absolute Gasteiger partial charge is 0.326 e. The molecule has 1 fully saturated rings. The number of rotatable bonds is 6. The van der Waals surface area contributed by atoms with Crippen LogP contribution in [0.25, 0.3) is 0 Å². The van der Waals surface area contributed by atoms with Crippen molar-refractivity contribution < 1.29 is 14.7 Å². The highest BCUT2D eigenvalue weighted by atomic mass is 16.4. The van der Waals surface area contributed by atoms with Gasteiger partial charge in [0.15, 0.2) is 0 Å². The van der Waals surface area contributed by atoms with Gasteiger partial charge in [0, 0.05) is 6.54 Å². The molecule has 0 aromatic carbocycles. The van der Waals surface area contributed by atoms with Crippen molar-refractivity contribution in [3.8, 4) is 0 Å². The number of hydrogen-bond donors (Lipinski definition) is 3. The van der Waals surface area contributed by atoms with E-state index in [0.717, 1.165) is 38.5 Å². The summed E-state index contributed by atoms with van der Waals surface area (Å²) in [4.78, 5) is 23.3. The maximum Gasteiger partial charge on any atom is 0.326 e.